The normalized spacial score (nSPS) is 10.8. The minimum absolute atomic E-state index is 0.439. The molecule has 1 aromatic rings. The smallest absolute Gasteiger partial charge is 0.141 e. The lowest BCUT2D eigenvalue weighted by Crippen LogP contribution is -2.12. The molecular formula is C14H17N3. The molecule has 1 heterocycles. The molecule has 0 saturated heterocycles. The highest BCUT2D eigenvalue weighted by molar-refractivity contribution is 5.75. The van der Waals surface area contributed by atoms with Crippen molar-refractivity contribution in [2.24, 2.45) is 0 Å². The van der Waals surface area contributed by atoms with E-state index < -0.39 is 0 Å². The van der Waals surface area contributed by atoms with E-state index in [1.807, 2.05) is 31.1 Å². The maximum absolute atomic E-state index is 8.91. The average molecular weight is 227 g/mol. The van der Waals surface area contributed by atoms with E-state index in [4.69, 9.17) is 5.26 Å². The van der Waals surface area contributed by atoms with Crippen molar-refractivity contribution in [3.63, 3.8) is 0 Å². The number of nitrogens with zero attached hydrogens (tertiary/aromatic N) is 3. The van der Waals surface area contributed by atoms with Crippen molar-refractivity contribution in [2.75, 3.05) is 19.0 Å². The van der Waals surface area contributed by atoms with Gasteiger partial charge >= 0.3 is 0 Å². The molecule has 1 rings (SSSR count). The van der Waals surface area contributed by atoms with Gasteiger partial charge in [-0.25, -0.2) is 4.98 Å². The van der Waals surface area contributed by atoms with Gasteiger partial charge < -0.3 is 4.90 Å². The minimum atomic E-state index is 0.439. The first-order valence-electron chi connectivity index (χ1n) is 5.54. The number of allylic oxidation sites excluding steroid dienone is 3. The molecule has 88 valence electrons. The van der Waals surface area contributed by atoms with Gasteiger partial charge in [0.05, 0.1) is 11.4 Å². The summed E-state index contributed by atoms with van der Waals surface area (Å²) >= 11 is 0. The molecule has 0 aliphatic rings. The van der Waals surface area contributed by atoms with E-state index in [1.165, 1.54) is 0 Å². The number of pyridine rings is 1. The molecule has 0 atom stereocenters. The zero-order chi connectivity index (χ0) is 12.8. The Hall–Kier alpha value is -2.08. The third kappa shape index (κ3) is 2.94. The predicted molar refractivity (Wildman–Crippen MR) is 71.7 cm³/mol. The molecule has 0 N–H and O–H groups in total. The molecule has 1 aromatic heterocycles. The van der Waals surface area contributed by atoms with E-state index in [-0.39, 0.29) is 0 Å². The third-order valence-corrected chi connectivity index (χ3v) is 2.47. The summed E-state index contributed by atoms with van der Waals surface area (Å²) in [5.41, 5.74) is 3.39. The Kier molecular flexibility index (Phi) is 4.47. The van der Waals surface area contributed by atoms with Gasteiger partial charge in [-0.1, -0.05) is 25.7 Å². The van der Waals surface area contributed by atoms with Crippen LogP contribution in [0.2, 0.25) is 0 Å². The number of rotatable bonds is 4. The molecule has 0 aliphatic carbocycles. The van der Waals surface area contributed by atoms with Crippen LogP contribution in [0.1, 0.15) is 24.7 Å². The van der Waals surface area contributed by atoms with Crippen LogP contribution in [0, 0.1) is 11.3 Å². The molecule has 3 nitrogen and oxygen atoms in total. The second-order valence-corrected chi connectivity index (χ2v) is 3.85. The Morgan fingerprint density at radius 1 is 1.53 bits per heavy atom. The van der Waals surface area contributed by atoms with Crippen LogP contribution in [-0.2, 0) is 0 Å². The van der Waals surface area contributed by atoms with Gasteiger partial charge in [-0.2, -0.15) is 5.26 Å². The molecule has 3 heteroatoms. The van der Waals surface area contributed by atoms with Crippen LogP contribution in [0.25, 0.3) is 5.57 Å². The van der Waals surface area contributed by atoms with Crippen LogP contribution in [-0.4, -0.2) is 19.1 Å². The molecule has 17 heavy (non-hydrogen) atoms. The summed E-state index contributed by atoms with van der Waals surface area (Å²) in [6.07, 6.45) is 4.55. The van der Waals surface area contributed by atoms with Gasteiger partial charge in [-0.05, 0) is 24.1 Å². The van der Waals surface area contributed by atoms with Gasteiger partial charge in [0.15, 0.2) is 0 Å². The largest absolute Gasteiger partial charge is 0.376 e. The van der Waals surface area contributed by atoms with Crippen LogP contribution < -0.4 is 4.90 Å². The highest BCUT2D eigenvalue weighted by Gasteiger charge is 2.10. The van der Waals surface area contributed by atoms with Gasteiger partial charge in [-0.15, -0.1) is 0 Å². The monoisotopic (exact) mass is 227 g/mol. The summed E-state index contributed by atoms with van der Waals surface area (Å²) in [5, 5.41) is 8.91. The van der Waals surface area contributed by atoms with E-state index in [1.54, 1.807) is 12.1 Å². The van der Waals surface area contributed by atoms with Crippen molar-refractivity contribution in [3.05, 3.63) is 42.3 Å². The van der Waals surface area contributed by atoms with Gasteiger partial charge in [0, 0.05) is 14.1 Å². The van der Waals surface area contributed by atoms with Crippen LogP contribution in [0.15, 0.2) is 30.9 Å². The Morgan fingerprint density at radius 2 is 2.24 bits per heavy atom. The summed E-state index contributed by atoms with van der Waals surface area (Å²) < 4.78 is 0. The van der Waals surface area contributed by atoms with Gasteiger partial charge in [0.2, 0.25) is 0 Å². The van der Waals surface area contributed by atoms with E-state index in [0.717, 1.165) is 23.4 Å². The first kappa shape index (κ1) is 13.0. The second-order valence-electron chi connectivity index (χ2n) is 3.85. The van der Waals surface area contributed by atoms with Gasteiger partial charge in [-0.3, -0.25) is 0 Å². The second kappa shape index (κ2) is 5.86. The summed E-state index contributed by atoms with van der Waals surface area (Å²) in [7, 11) is 3.93. The van der Waals surface area contributed by atoms with E-state index in [0.29, 0.717) is 5.69 Å². The average Bonchev–Trinajstić information content (AvgIpc) is 2.35. The lowest BCUT2D eigenvalue weighted by molar-refractivity contribution is 1.07. The van der Waals surface area contributed by atoms with Crippen LogP contribution >= 0.6 is 0 Å². The van der Waals surface area contributed by atoms with Crippen LogP contribution in [0.4, 0.5) is 5.69 Å². The molecule has 0 saturated carbocycles. The van der Waals surface area contributed by atoms with Crippen LogP contribution in [0.5, 0.6) is 0 Å². The SMILES string of the molecule is C=C/C=C(/CC)c1nc(C#N)ccc1N(C)C. The standard InChI is InChI=1S/C14H17N3/c1-5-7-11(6-2)14-13(17(3)4)9-8-12(10-15)16-14/h5,7-9H,1,6H2,2-4H3/b11-7-. The van der Waals surface area contributed by atoms with Crippen molar-refractivity contribution in [3.8, 4) is 6.07 Å². The highest BCUT2D eigenvalue weighted by Crippen LogP contribution is 2.26. The molecule has 0 spiro atoms. The zero-order valence-electron chi connectivity index (χ0n) is 10.6. The Balaban J connectivity index is 3.41. The molecule has 0 unspecified atom stereocenters. The molecule has 0 amide bonds. The van der Waals surface area contributed by atoms with Gasteiger partial charge in [0.25, 0.3) is 0 Å². The van der Waals surface area contributed by atoms with E-state index in [9.17, 15) is 0 Å². The van der Waals surface area contributed by atoms with E-state index >= 15 is 0 Å². The minimum Gasteiger partial charge on any atom is -0.376 e. The molecule has 0 fully saturated rings. The van der Waals surface area contributed by atoms with Crippen molar-refractivity contribution < 1.29 is 0 Å². The molecule has 0 aromatic carbocycles. The summed E-state index contributed by atoms with van der Waals surface area (Å²) in [6.45, 7) is 5.77. The first-order chi connectivity index (χ1) is 8.13. The molecule has 0 aliphatic heterocycles. The Morgan fingerprint density at radius 3 is 2.71 bits per heavy atom. The maximum Gasteiger partial charge on any atom is 0.141 e. The zero-order valence-corrected chi connectivity index (χ0v) is 10.6. The fraction of sp³-hybridized carbons (Fsp3) is 0.286. The van der Waals surface area contributed by atoms with Crippen molar-refractivity contribution in [2.45, 2.75) is 13.3 Å². The first-order valence-corrected chi connectivity index (χ1v) is 5.54. The number of hydrogen-bond donors (Lipinski definition) is 0. The summed E-state index contributed by atoms with van der Waals surface area (Å²) in [5.74, 6) is 0. The lowest BCUT2D eigenvalue weighted by atomic mass is 10.1. The lowest BCUT2D eigenvalue weighted by Gasteiger charge is -2.17. The summed E-state index contributed by atoms with van der Waals surface area (Å²) in [6, 6.07) is 5.73. The number of hydrogen-bond acceptors (Lipinski definition) is 3. The Labute approximate surface area is 103 Å². The summed E-state index contributed by atoms with van der Waals surface area (Å²) in [4.78, 5) is 6.38. The van der Waals surface area contributed by atoms with Crippen molar-refractivity contribution in [1.29, 1.82) is 5.26 Å². The fourth-order valence-corrected chi connectivity index (χ4v) is 1.62. The number of nitriles is 1. The van der Waals surface area contributed by atoms with Crippen molar-refractivity contribution in [1.82, 2.24) is 4.98 Å². The van der Waals surface area contributed by atoms with Crippen LogP contribution in [0.3, 0.4) is 0 Å². The third-order valence-electron chi connectivity index (χ3n) is 2.47. The predicted octanol–water partition coefficient (Wildman–Crippen LogP) is 3.00. The number of aromatic nitrogens is 1. The molecule has 0 radical (unpaired) electrons. The maximum atomic E-state index is 8.91. The highest BCUT2D eigenvalue weighted by atomic mass is 15.1. The van der Waals surface area contributed by atoms with Gasteiger partial charge in [0.1, 0.15) is 11.8 Å². The fourth-order valence-electron chi connectivity index (χ4n) is 1.62. The molecular weight excluding hydrogens is 210 g/mol. The van der Waals surface area contributed by atoms with E-state index in [2.05, 4.69) is 24.6 Å². The number of anilines is 1. The van der Waals surface area contributed by atoms with Crippen molar-refractivity contribution >= 4 is 11.3 Å². The quantitative estimate of drug-likeness (QED) is 0.742. The molecule has 0 bridgehead atoms. The Bertz CT molecular complexity index is 479. The topological polar surface area (TPSA) is 39.9 Å².